The maximum Gasteiger partial charge on any atom is 0.0998 e. The van der Waals surface area contributed by atoms with E-state index in [2.05, 4.69) is 121 Å². The lowest BCUT2D eigenvalue weighted by molar-refractivity contribution is 0.649. The van der Waals surface area contributed by atoms with E-state index in [9.17, 15) is 5.26 Å². The van der Waals surface area contributed by atoms with Crippen molar-refractivity contribution in [2.45, 2.75) is 25.7 Å². The molecule has 0 aliphatic heterocycles. The maximum absolute atomic E-state index is 9.83. The summed E-state index contributed by atoms with van der Waals surface area (Å²) in [7, 11) is 0. The van der Waals surface area contributed by atoms with Crippen molar-refractivity contribution in [3.05, 3.63) is 178 Å². The first-order chi connectivity index (χ1) is 21.3. The van der Waals surface area contributed by atoms with Crippen LogP contribution in [-0.2, 0) is 6.42 Å². The lowest BCUT2D eigenvalue weighted by Crippen LogP contribution is -2.11. The van der Waals surface area contributed by atoms with Gasteiger partial charge in [0.15, 0.2) is 0 Å². The first-order valence-corrected chi connectivity index (χ1v) is 15.3. The minimum Gasteiger partial charge on any atom is -0.192 e. The standard InChI is InChI=1S/C42H31N/c43-27-36-9-4-5-11-37(36)40-12-6-10-35-25-34-20-19-33(26-41(34)42(35)40)30-14-16-32-18-17-31-15-13-29(28-7-2-1-3-8-28)21-23-38(31)39(32)24-22-30/h1-21,26,39H,22-25H2. The Bertz CT molecular complexity index is 2020. The Morgan fingerprint density at radius 2 is 1.51 bits per heavy atom. The number of fused-ring (bicyclic) bond motifs is 5. The van der Waals surface area contributed by atoms with Crippen molar-refractivity contribution in [1.29, 1.82) is 5.26 Å². The molecule has 0 fully saturated rings. The molecule has 0 heterocycles. The lowest BCUT2D eigenvalue weighted by atomic mass is 9.79. The summed E-state index contributed by atoms with van der Waals surface area (Å²) in [6.45, 7) is 0. The van der Waals surface area contributed by atoms with E-state index < -0.39 is 0 Å². The number of hydrogen-bond acceptors (Lipinski definition) is 1. The number of hydrogen-bond donors (Lipinski definition) is 0. The summed E-state index contributed by atoms with van der Waals surface area (Å²) in [6, 6.07) is 34.7. The second-order valence-electron chi connectivity index (χ2n) is 11.9. The van der Waals surface area contributed by atoms with E-state index in [1.165, 1.54) is 61.2 Å². The van der Waals surface area contributed by atoms with Gasteiger partial charge in [-0.15, -0.1) is 0 Å². The van der Waals surface area contributed by atoms with Gasteiger partial charge in [0, 0.05) is 11.5 Å². The van der Waals surface area contributed by atoms with Crippen LogP contribution in [0.25, 0.3) is 33.4 Å². The molecule has 1 heteroatoms. The third-order valence-corrected chi connectivity index (χ3v) is 9.54. The molecule has 0 amide bonds. The van der Waals surface area contributed by atoms with Crippen molar-refractivity contribution in [2.24, 2.45) is 5.92 Å². The molecule has 4 aromatic rings. The molecular formula is C42H31N. The lowest BCUT2D eigenvalue weighted by Gasteiger charge is -2.25. The van der Waals surface area contributed by atoms with Crippen LogP contribution in [0, 0.1) is 17.2 Å². The van der Waals surface area contributed by atoms with Crippen molar-refractivity contribution in [2.75, 3.05) is 0 Å². The summed E-state index contributed by atoms with van der Waals surface area (Å²) in [4.78, 5) is 0. The smallest absolute Gasteiger partial charge is 0.0998 e. The highest BCUT2D eigenvalue weighted by atomic mass is 14.3. The summed E-state index contributed by atoms with van der Waals surface area (Å²) in [5.74, 6) is 0.439. The van der Waals surface area contributed by atoms with Gasteiger partial charge in [0.2, 0.25) is 0 Å². The van der Waals surface area contributed by atoms with Crippen LogP contribution in [0.4, 0.5) is 0 Å². The topological polar surface area (TPSA) is 23.8 Å². The maximum atomic E-state index is 9.83. The Hall–Kier alpha value is -5.19. The molecular weight excluding hydrogens is 518 g/mol. The summed E-state index contributed by atoms with van der Waals surface area (Å²) in [5.41, 5.74) is 17.8. The number of nitrogens with zero attached hydrogens (tertiary/aromatic N) is 1. The zero-order valence-electron chi connectivity index (χ0n) is 24.1. The first kappa shape index (κ1) is 25.5. The van der Waals surface area contributed by atoms with Gasteiger partial charge in [-0.25, -0.2) is 0 Å². The van der Waals surface area contributed by atoms with E-state index in [4.69, 9.17) is 0 Å². The molecule has 0 N–H and O–H groups in total. The van der Waals surface area contributed by atoms with Gasteiger partial charge in [-0.2, -0.15) is 5.26 Å². The second kappa shape index (κ2) is 10.6. The summed E-state index contributed by atoms with van der Waals surface area (Å²) >= 11 is 0. The minimum absolute atomic E-state index is 0.439. The molecule has 0 radical (unpaired) electrons. The van der Waals surface area contributed by atoms with Crippen LogP contribution in [0.1, 0.15) is 47.1 Å². The molecule has 1 unspecified atom stereocenters. The van der Waals surface area contributed by atoms with Crippen LogP contribution in [0.2, 0.25) is 0 Å². The molecule has 0 saturated carbocycles. The van der Waals surface area contributed by atoms with Gasteiger partial charge in [-0.05, 0) is 99.1 Å². The Kier molecular flexibility index (Phi) is 6.27. The van der Waals surface area contributed by atoms with E-state index in [-0.39, 0.29) is 0 Å². The van der Waals surface area contributed by atoms with Crippen molar-refractivity contribution < 1.29 is 0 Å². The molecule has 1 atom stereocenters. The molecule has 8 rings (SSSR count). The molecule has 43 heavy (non-hydrogen) atoms. The van der Waals surface area contributed by atoms with Gasteiger partial charge < -0.3 is 0 Å². The number of benzene rings is 4. The molecule has 0 bridgehead atoms. The largest absolute Gasteiger partial charge is 0.192 e. The molecule has 4 aliphatic rings. The van der Waals surface area contributed by atoms with Crippen LogP contribution in [-0.4, -0.2) is 0 Å². The van der Waals surface area contributed by atoms with Crippen molar-refractivity contribution in [3.63, 3.8) is 0 Å². The van der Waals surface area contributed by atoms with Crippen LogP contribution in [0.15, 0.2) is 150 Å². The zero-order chi connectivity index (χ0) is 28.8. The molecule has 4 aliphatic carbocycles. The Morgan fingerprint density at radius 3 is 2.42 bits per heavy atom. The number of rotatable bonds is 3. The van der Waals surface area contributed by atoms with Crippen LogP contribution in [0.5, 0.6) is 0 Å². The van der Waals surface area contributed by atoms with Crippen LogP contribution in [0.3, 0.4) is 0 Å². The van der Waals surface area contributed by atoms with Gasteiger partial charge in [0.05, 0.1) is 11.6 Å². The quantitative estimate of drug-likeness (QED) is 0.220. The molecule has 0 aromatic heterocycles. The zero-order valence-corrected chi connectivity index (χ0v) is 24.1. The normalized spacial score (nSPS) is 18.2. The highest BCUT2D eigenvalue weighted by molar-refractivity contribution is 5.93. The Balaban J connectivity index is 1.10. The summed E-state index contributed by atoms with van der Waals surface area (Å²) in [6.07, 6.45) is 20.4. The van der Waals surface area contributed by atoms with Gasteiger partial charge >= 0.3 is 0 Å². The average molecular weight is 550 g/mol. The van der Waals surface area contributed by atoms with E-state index in [1.807, 2.05) is 18.2 Å². The number of allylic oxidation sites excluding steroid dienone is 12. The summed E-state index contributed by atoms with van der Waals surface area (Å²) in [5, 5.41) is 9.83. The second-order valence-corrected chi connectivity index (χ2v) is 11.9. The average Bonchev–Trinajstić information content (AvgIpc) is 3.18. The Labute approximate surface area is 253 Å². The van der Waals surface area contributed by atoms with E-state index in [1.54, 1.807) is 0 Å². The fourth-order valence-electron chi connectivity index (χ4n) is 7.35. The third-order valence-electron chi connectivity index (χ3n) is 9.54. The van der Waals surface area contributed by atoms with E-state index in [0.717, 1.165) is 42.4 Å². The SMILES string of the molecule is N#Cc1ccccc1-c1cccc2c1-c1cc(C3=CC=C4C=CC5=C(CC=C(c6ccccc6)C=C5)C4CC3)ccc1C2. The monoisotopic (exact) mass is 549 g/mol. The van der Waals surface area contributed by atoms with Crippen molar-refractivity contribution >= 4 is 11.1 Å². The summed E-state index contributed by atoms with van der Waals surface area (Å²) < 4.78 is 0. The minimum atomic E-state index is 0.439. The third kappa shape index (κ3) is 4.48. The highest BCUT2D eigenvalue weighted by Crippen LogP contribution is 2.46. The fraction of sp³-hybridized carbons (Fsp3) is 0.119. The first-order valence-electron chi connectivity index (χ1n) is 15.3. The molecule has 4 aromatic carbocycles. The van der Waals surface area contributed by atoms with Gasteiger partial charge in [-0.3, -0.25) is 0 Å². The predicted molar refractivity (Wildman–Crippen MR) is 178 cm³/mol. The molecule has 1 nitrogen and oxygen atoms in total. The van der Waals surface area contributed by atoms with E-state index >= 15 is 0 Å². The Morgan fingerprint density at radius 1 is 0.674 bits per heavy atom. The molecule has 0 spiro atoms. The van der Waals surface area contributed by atoms with E-state index in [0.29, 0.717) is 5.92 Å². The highest BCUT2D eigenvalue weighted by Gasteiger charge is 2.27. The van der Waals surface area contributed by atoms with Gasteiger partial charge in [0.25, 0.3) is 0 Å². The van der Waals surface area contributed by atoms with Crippen molar-refractivity contribution in [1.82, 2.24) is 0 Å². The van der Waals surface area contributed by atoms with Crippen LogP contribution >= 0.6 is 0 Å². The van der Waals surface area contributed by atoms with Crippen LogP contribution < -0.4 is 0 Å². The van der Waals surface area contributed by atoms with Crippen molar-refractivity contribution in [3.8, 4) is 28.3 Å². The van der Waals surface area contributed by atoms with Gasteiger partial charge in [0.1, 0.15) is 0 Å². The molecule has 204 valence electrons. The molecule has 0 saturated heterocycles. The fourth-order valence-corrected chi connectivity index (χ4v) is 7.35. The van der Waals surface area contributed by atoms with Gasteiger partial charge in [-0.1, -0.05) is 127 Å². The predicted octanol–water partition coefficient (Wildman–Crippen LogP) is 10.4. The number of nitriles is 1.